The van der Waals surface area contributed by atoms with Crippen molar-refractivity contribution in [2.75, 3.05) is 18.0 Å². The van der Waals surface area contributed by atoms with Gasteiger partial charge in [-0.2, -0.15) is 9.78 Å². The average molecular weight is 420 g/mol. The number of nitrogens with one attached hydrogen (secondary N) is 1. The molecule has 1 aromatic heterocycles. The lowest BCUT2D eigenvalue weighted by molar-refractivity contribution is -0.384. The van der Waals surface area contributed by atoms with Crippen molar-refractivity contribution in [3.05, 3.63) is 56.0 Å². The van der Waals surface area contributed by atoms with Crippen LogP contribution in [0, 0.1) is 16.0 Å². The van der Waals surface area contributed by atoms with E-state index in [2.05, 4.69) is 10.4 Å². The highest BCUT2D eigenvalue weighted by Gasteiger charge is 2.25. The number of nitrogens with zero attached hydrogens (tertiary/aromatic N) is 4. The normalized spacial score (nSPS) is 16.7. The monoisotopic (exact) mass is 419 g/mol. The Morgan fingerprint density at radius 2 is 2.03 bits per heavy atom. The van der Waals surface area contributed by atoms with Crippen LogP contribution in [0.25, 0.3) is 5.69 Å². The van der Waals surface area contributed by atoms with Crippen molar-refractivity contribution in [1.29, 1.82) is 0 Å². The van der Waals surface area contributed by atoms with Gasteiger partial charge in [-0.05, 0) is 25.0 Å². The molecule has 1 saturated heterocycles. The van der Waals surface area contributed by atoms with Crippen molar-refractivity contribution in [1.82, 2.24) is 15.1 Å². The molecular formula is C19H22ClN5O4. The number of rotatable bonds is 5. The first-order valence-electron chi connectivity index (χ1n) is 9.36. The van der Waals surface area contributed by atoms with Crippen LogP contribution in [0.2, 0.25) is 5.02 Å². The Hall–Kier alpha value is -2.94. The van der Waals surface area contributed by atoms with Gasteiger partial charge in [0, 0.05) is 37.2 Å². The minimum absolute atomic E-state index is 0.00494. The van der Waals surface area contributed by atoms with Crippen molar-refractivity contribution in [3.63, 3.8) is 0 Å². The minimum Gasteiger partial charge on any atom is -0.367 e. The van der Waals surface area contributed by atoms with Crippen LogP contribution >= 0.6 is 11.6 Å². The third-order valence-corrected chi connectivity index (χ3v) is 5.19. The molecule has 1 aromatic carbocycles. The molecule has 10 heteroatoms. The molecule has 1 fully saturated rings. The quantitative estimate of drug-likeness (QED) is 0.589. The summed E-state index contributed by atoms with van der Waals surface area (Å²) in [7, 11) is 0. The molecule has 1 aliphatic rings. The maximum absolute atomic E-state index is 12.7. The van der Waals surface area contributed by atoms with Crippen molar-refractivity contribution >= 4 is 28.9 Å². The Labute approximate surface area is 172 Å². The van der Waals surface area contributed by atoms with Gasteiger partial charge < -0.3 is 10.2 Å². The number of benzene rings is 1. The molecule has 154 valence electrons. The smallest absolute Gasteiger partial charge is 0.292 e. The number of anilines is 1. The second kappa shape index (κ2) is 8.60. The molecule has 2 aromatic rings. The number of nitro benzene ring substituents is 1. The number of carbonyl (C=O) groups is 1. The van der Waals surface area contributed by atoms with Crippen LogP contribution in [0.1, 0.15) is 26.7 Å². The molecule has 0 bridgehead atoms. The van der Waals surface area contributed by atoms with E-state index in [1.54, 1.807) is 0 Å². The number of halogens is 1. The maximum Gasteiger partial charge on any atom is 0.292 e. The van der Waals surface area contributed by atoms with Gasteiger partial charge in [0.15, 0.2) is 0 Å². The summed E-state index contributed by atoms with van der Waals surface area (Å²) in [5, 5.41) is 18.0. The SMILES string of the molecule is CC(C)C(=O)NC1CCCN(c2cnn(-c3ccc([N+](=O)[O-])cc3)c(=O)c2Cl)C1. The molecule has 1 aliphatic heterocycles. The molecule has 1 N–H and O–H groups in total. The molecule has 0 radical (unpaired) electrons. The Kier molecular flexibility index (Phi) is 6.17. The molecule has 1 atom stereocenters. The predicted octanol–water partition coefficient (Wildman–Crippen LogP) is 2.54. The molecule has 0 aliphatic carbocycles. The lowest BCUT2D eigenvalue weighted by Gasteiger charge is -2.35. The summed E-state index contributed by atoms with van der Waals surface area (Å²) in [5.74, 6) is -0.101. The van der Waals surface area contributed by atoms with Gasteiger partial charge in [-0.25, -0.2) is 0 Å². The van der Waals surface area contributed by atoms with E-state index in [9.17, 15) is 19.7 Å². The summed E-state index contributed by atoms with van der Waals surface area (Å²) in [6, 6.07) is 5.48. The number of non-ortho nitro benzene ring substituents is 1. The topological polar surface area (TPSA) is 110 Å². The van der Waals surface area contributed by atoms with Gasteiger partial charge in [0.25, 0.3) is 11.2 Å². The van der Waals surface area contributed by atoms with Gasteiger partial charge in [0.1, 0.15) is 5.02 Å². The second-order valence-corrected chi connectivity index (χ2v) is 7.66. The van der Waals surface area contributed by atoms with Crippen LogP contribution in [0.15, 0.2) is 35.3 Å². The van der Waals surface area contributed by atoms with Gasteiger partial charge in [-0.1, -0.05) is 25.4 Å². The number of hydrogen-bond donors (Lipinski definition) is 1. The third-order valence-electron chi connectivity index (χ3n) is 4.84. The Morgan fingerprint density at radius 3 is 2.66 bits per heavy atom. The van der Waals surface area contributed by atoms with Gasteiger partial charge in [-0.15, -0.1) is 0 Å². The fraction of sp³-hybridized carbons (Fsp3) is 0.421. The van der Waals surface area contributed by atoms with Crippen molar-refractivity contribution in [2.24, 2.45) is 5.92 Å². The summed E-state index contributed by atoms with van der Waals surface area (Å²) in [4.78, 5) is 36.9. The molecule has 1 unspecified atom stereocenters. The van der Waals surface area contributed by atoms with Crippen LogP contribution in [0.3, 0.4) is 0 Å². The lowest BCUT2D eigenvalue weighted by Crippen LogP contribution is -2.49. The summed E-state index contributed by atoms with van der Waals surface area (Å²) in [6.45, 7) is 4.93. The van der Waals surface area contributed by atoms with Crippen LogP contribution in [-0.4, -0.2) is 39.7 Å². The molecule has 9 nitrogen and oxygen atoms in total. The van der Waals surface area contributed by atoms with Crippen LogP contribution in [0.5, 0.6) is 0 Å². The van der Waals surface area contributed by atoms with Gasteiger partial charge in [-0.3, -0.25) is 19.7 Å². The summed E-state index contributed by atoms with van der Waals surface area (Å²) < 4.78 is 1.11. The fourth-order valence-electron chi connectivity index (χ4n) is 3.23. The molecule has 2 heterocycles. The van der Waals surface area contributed by atoms with Crippen molar-refractivity contribution in [3.8, 4) is 5.69 Å². The van der Waals surface area contributed by atoms with E-state index in [1.165, 1.54) is 30.5 Å². The van der Waals surface area contributed by atoms with Gasteiger partial charge >= 0.3 is 0 Å². The summed E-state index contributed by atoms with van der Waals surface area (Å²) in [5.41, 5.74) is 0.312. The first-order valence-corrected chi connectivity index (χ1v) is 9.73. The first kappa shape index (κ1) is 20.8. The third kappa shape index (κ3) is 4.56. The first-order chi connectivity index (χ1) is 13.8. The number of carbonyl (C=O) groups excluding carboxylic acids is 1. The standard InChI is InChI=1S/C19H22ClN5O4/c1-12(2)18(26)22-13-4-3-9-23(11-13)16-10-21-24(19(27)17(16)20)14-5-7-15(8-6-14)25(28)29/h5-8,10,12-13H,3-4,9,11H2,1-2H3,(H,22,26). The van der Waals surface area contributed by atoms with Gasteiger partial charge in [0.2, 0.25) is 5.91 Å². The maximum atomic E-state index is 12.7. The molecule has 3 rings (SSSR count). The summed E-state index contributed by atoms with van der Waals surface area (Å²) in [6.07, 6.45) is 3.22. The molecule has 0 spiro atoms. The van der Waals surface area contributed by atoms with Crippen molar-refractivity contribution in [2.45, 2.75) is 32.7 Å². The predicted molar refractivity (Wildman–Crippen MR) is 110 cm³/mol. The Morgan fingerprint density at radius 1 is 1.34 bits per heavy atom. The highest BCUT2D eigenvalue weighted by atomic mass is 35.5. The number of amides is 1. The Balaban J connectivity index is 1.83. The van der Waals surface area contributed by atoms with Crippen LogP contribution in [0.4, 0.5) is 11.4 Å². The van der Waals surface area contributed by atoms with Gasteiger partial charge in [0.05, 0.1) is 22.5 Å². The largest absolute Gasteiger partial charge is 0.367 e. The fourth-order valence-corrected chi connectivity index (χ4v) is 3.47. The highest BCUT2D eigenvalue weighted by Crippen LogP contribution is 2.25. The van der Waals surface area contributed by atoms with E-state index < -0.39 is 10.5 Å². The lowest BCUT2D eigenvalue weighted by atomic mass is 10.0. The zero-order chi connectivity index (χ0) is 21.1. The number of hydrogen-bond acceptors (Lipinski definition) is 6. The Bertz CT molecular complexity index is 974. The van der Waals surface area contributed by atoms with E-state index >= 15 is 0 Å². The zero-order valence-electron chi connectivity index (χ0n) is 16.2. The number of piperidine rings is 1. The van der Waals surface area contributed by atoms with E-state index in [4.69, 9.17) is 11.6 Å². The molecule has 29 heavy (non-hydrogen) atoms. The van der Waals surface area contributed by atoms with E-state index in [-0.39, 0.29) is 28.6 Å². The van der Waals surface area contributed by atoms with E-state index in [0.29, 0.717) is 24.5 Å². The molecule has 0 saturated carbocycles. The second-order valence-electron chi connectivity index (χ2n) is 7.28. The van der Waals surface area contributed by atoms with Crippen LogP contribution < -0.4 is 15.8 Å². The molecule has 1 amide bonds. The minimum atomic E-state index is -0.513. The highest BCUT2D eigenvalue weighted by molar-refractivity contribution is 6.33. The molecular weight excluding hydrogens is 398 g/mol. The van der Waals surface area contributed by atoms with Crippen molar-refractivity contribution < 1.29 is 9.72 Å². The number of nitro groups is 1. The summed E-state index contributed by atoms with van der Waals surface area (Å²) >= 11 is 6.36. The zero-order valence-corrected chi connectivity index (χ0v) is 16.9. The van der Waals surface area contributed by atoms with E-state index in [1.807, 2.05) is 18.7 Å². The average Bonchev–Trinajstić information content (AvgIpc) is 2.70. The van der Waals surface area contributed by atoms with E-state index in [0.717, 1.165) is 17.5 Å². The number of aromatic nitrogens is 2. The van der Waals surface area contributed by atoms with Crippen LogP contribution in [-0.2, 0) is 4.79 Å².